The third-order valence-corrected chi connectivity index (χ3v) is 5.78. The van der Waals surface area contributed by atoms with Gasteiger partial charge in [0.2, 0.25) is 5.91 Å². The molecular weight excluding hydrogens is 386 g/mol. The van der Waals surface area contributed by atoms with Gasteiger partial charge in [-0.15, -0.1) is 0 Å². The molecule has 3 rings (SSSR count). The molecule has 1 N–H and O–H groups in total. The molecule has 0 radical (unpaired) electrons. The third-order valence-electron chi connectivity index (χ3n) is 5.78. The number of benzene rings is 2. The van der Waals surface area contributed by atoms with E-state index in [1.807, 2.05) is 12.1 Å². The van der Waals surface area contributed by atoms with Crippen molar-refractivity contribution in [1.29, 1.82) is 0 Å². The van der Waals surface area contributed by atoms with E-state index in [9.17, 15) is 4.79 Å². The lowest BCUT2D eigenvalue weighted by molar-refractivity contribution is -0.121. The second kappa shape index (κ2) is 12.1. The van der Waals surface area contributed by atoms with Gasteiger partial charge in [-0.25, -0.2) is 5.43 Å². The normalized spacial score (nSPS) is 13.3. The van der Waals surface area contributed by atoms with Crippen LogP contribution in [-0.2, 0) is 17.8 Å². The number of carbonyl (C=O) groups excluding carboxylic acids is 1. The molecule has 0 fully saturated rings. The molecule has 1 aliphatic rings. The average molecular weight is 422 g/mol. The number of methoxy groups -OCH3 is 1. The number of ether oxygens (including phenoxy) is 1. The average Bonchev–Trinajstić information content (AvgIpc) is 2.79. The minimum Gasteiger partial charge on any atom is -0.496 e. The van der Waals surface area contributed by atoms with Gasteiger partial charge in [0, 0.05) is 30.8 Å². The third kappa shape index (κ3) is 6.84. The summed E-state index contributed by atoms with van der Waals surface area (Å²) in [6.07, 6.45) is 10.2. The van der Waals surface area contributed by atoms with Gasteiger partial charge in [-0.2, -0.15) is 5.10 Å². The number of hydrogen-bond donors (Lipinski definition) is 1. The Kier molecular flexibility index (Phi) is 8.95. The molecule has 0 saturated carbocycles. The number of nitrogens with zero attached hydrogens (tertiary/aromatic N) is 2. The molecule has 0 aromatic heterocycles. The van der Waals surface area contributed by atoms with E-state index in [0.29, 0.717) is 6.42 Å². The van der Waals surface area contributed by atoms with Crippen molar-refractivity contribution in [1.82, 2.24) is 5.43 Å². The number of fused-ring (bicyclic) bond motifs is 1. The fraction of sp³-hybridized carbons (Fsp3) is 0.462. The number of unbranched alkanes of at least 4 members (excludes halogenated alkanes) is 4. The maximum Gasteiger partial charge on any atom is 0.240 e. The maximum atomic E-state index is 12.0. The fourth-order valence-corrected chi connectivity index (χ4v) is 4.11. The van der Waals surface area contributed by atoms with Gasteiger partial charge in [0.15, 0.2) is 0 Å². The molecule has 2 aromatic carbocycles. The van der Waals surface area contributed by atoms with Crippen LogP contribution in [0, 0.1) is 0 Å². The monoisotopic (exact) mass is 421 g/mol. The van der Waals surface area contributed by atoms with Crippen molar-refractivity contribution in [3.8, 4) is 5.75 Å². The summed E-state index contributed by atoms with van der Waals surface area (Å²) >= 11 is 0. The van der Waals surface area contributed by atoms with E-state index in [0.717, 1.165) is 55.6 Å². The van der Waals surface area contributed by atoms with Crippen LogP contribution in [-0.4, -0.2) is 25.8 Å². The Balaban J connectivity index is 1.59. The van der Waals surface area contributed by atoms with Crippen molar-refractivity contribution in [3.63, 3.8) is 0 Å². The molecule has 0 atom stereocenters. The summed E-state index contributed by atoms with van der Waals surface area (Å²) in [6.45, 7) is 4.01. The second-order valence-electron chi connectivity index (χ2n) is 8.18. The van der Waals surface area contributed by atoms with Gasteiger partial charge in [0.1, 0.15) is 5.75 Å². The van der Waals surface area contributed by atoms with Crippen LogP contribution in [0.25, 0.3) is 0 Å². The lowest BCUT2D eigenvalue weighted by atomic mass is 10.0. The van der Waals surface area contributed by atoms with E-state index in [1.54, 1.807) is 13.3 Å². The van der Waals surface area contributed by atoms with E-state index >= 15 is 0 Å². The first-order chi connectivity index (χ1) is 15.2. The van der Waals surface area contributed by atoms with Crippen LogP contribution in [0.4, 0.5) is 5.69 Å². The van der Waals surface area contributed by atoms with Crippen molar-refractivity contribution in [2.45, 2.75) is 64.8 Å². The zero-order valence-corrected chi connectivity index (χ0v) is 18.9. The number of anilines is 1. The highest BCUT2D eigenvalue weighted by molar-refractivity contribution is 5.83. The van der Waals surface area contributed by atoms with Crippen molar-refractivity contribution >= 4 is 17.8 Å². The second-order valence-corrected chi connectivity index (χ2v) is 8.18. The summed E-state index contributed by atoms with van der Waals surface area (Å²) in [5, 5.41) is 4.16. The highest BCUT2D eigenvalue weighted by atomic mass is 16.5. The van der Waals surface area contributed by atoms with Gasteiger partial charge in [0.05, 0.1) is 13.3 Å². The molecule has 5 nitrogen and oxygen atoms in total. The highest BCUT2D eigenvalue weighted by Gasteiger charge is 2.18. The predicted molar refractivity (Wildman–Crippen MR) is 128 cm³/mol. The van der Waals surface area contributed by atoms with Crippen LogP contribution < -0.4 is 15.1 Å². The van der Waals surface area contributed by atoms with Crippen LogP contribution >= 0.6 is 0 Å². The van der Waals surface area contributed by atoms with E-state index < -0.39 is 0 Å². The molecular formula is C26H35N3O2. The number of nitrogens with one attached hydrogen (secondary N) is 1. The molecule has 0 bridgehead atoms. The SMILES string of the molecule is CCCCCCCC(=O)N/N=C\c1ccc(OC)c(CN2CCCc3ccccc32)c1. The molecule has 0 aliphatic carbocycles. The first kappa shape index (κ1) is 22.9. The fourth-order valence-electron chi connectivity index (χ4n) is 4.11. The van der Waals surface area contributed by atoms with Crippen molar-refractivity contribution < 1.29 is 9.53 Å². The van der Waals surface area contributed by atoms with Gasteiger partial charge >= 0.3 is 0 Å². The summed E-state index contributed by atoms with van der Waals surface area (Å²) in [4.78, 5) is 14.4. The molecule has 2 aromatic rings. The maximum absolute atomic E-state index is 12.0. The number of hydrazone groups is 1. The largest absolute Gasteiger partial charge is 0.496 e. The Hall–Kier alpha value is -2.82. The minimum absolute atomic E-state index is 0.0218. The standard InChI is InChI=1S/C26H35N3O2/c1-3-4-5-6-7-14-26(30)28-27-19-21-15-16-25(31-2)23(18-21)20-29-17-10-12-22-11-8-9-13-24(22)29/h8-9,11,13,15-16,18-19H,3-7,10,12,14,17,20H2,1-2H3,(H,28,30)/b27-19-. The Bertz CT molecular complexity index is 879. The number of amides is 1. The molecule has 166 valence electrons. The summed E-state index contributed by atoms with van der Waals surface area (Å²) in [5.41, 5.74) is 7.43. The van der Waals surface area contributed by atoms with Crippen LogP contribution in [0.2, 0.25) is 0 Å². The van der Waals surface area contributed by atoms with Crippen molar-refractivity contribution in [2.24, 2.45) is 5.10 Å². The first-order valence-corrected chi connectivity index (χ1v) is 11.5. The van der Waals surface area contributed by atoms with E-state index in [1.165, 1.54) is 30.5 Å². The predicted octanol–water partition coefficient (Wildman–Crippen LogP) is 5.46. The molecule has 1 amide bonds. The molecule has 0 unspecified atom stereocenters. The lowest BCUT2D eigenvalue weighted by Gasteiger charge is -2.31. The van der Waals surface area contributed by atoms with Crippen molar-refractivity contribution in [3.05, 3.63) is 59.2 Å². The number of aryl methyl sites for hydroxylation is 1. The van der Waals surface area contributed by atoms with Gasteiger partial charge in [-0.3, -0.25) is 4.79 Å². The number of hydrogen-bond acceptors (Lipinski definition) is 4. The molecule has 0 saturated heterocycles. The van der Waals surface area contributed by atoms with Crippen LogP contribution in [0.1, 0.15) is 68.6 Å². The van der Waals surface area contributed by atoms with Crippen LogP contribution in [0.15, 0.2) is 47.6 Å². The van der Waals surface area contributed by atoms with E-state index in [4.69, 9.17) is 4.74 Å². The summed E-state index contributed by atoms with van der Waals surface area (Å²) in [6, 6.07) is 14.7. The Morgan fingerprint density at radius 1 is 1.16 bits per heavy atom. The molecule has 5 heteroatoms. The quantitative estimate of drug-likeness (QED) is 0.298. The van der Waals surface area contributed by atoms with Gasteiger partial charge in [-0.1, -0.05) is 50.8 Å². The summed E-state index contributed by atoms with van der Waals surface area (Å²) in [5.74, 6) is 0.850. The van der Waals surface area contributed by atoms with Crippen LogP contribution in [0.3, 0.4) is 0 Å². The Morgan fingerprint density at radius 2 is 2.00 bits per heavy atom. The van der Waals surface area contributed by atoms with Crippen molar-refractivity contribution in [2.75, 3.05) is 18.6 Å². The van der Waals surface area contributed by atoms with E-state index in [2.05, 4.69) is 52.7 Å². The smallest absolute Gasteiger partial charge is 0.240 e. The highest BCUT2D eigenvalue weighted by Crippen LogP contribution is 2.30. The van der Waals surface area contributed by atoms with E-state index in [-0.39, 0.29) is 5.91 Å². The first-order valence-electron chi connectivity index (χ1n) is 11.5. The zero-order chi connectivity index (χ0) is 21.9. The van der Waals surface area contributed by atoms with Gasteiger partial charge in [0.25, 0.3) is 0 Å². The Labute approximate surface area is 186 Å². The molecule has 1 heterocycles. The number of carbonyl (C=O) groups is 1. The zero-order valence-electron chi connectivity index (χ0n) is 18.9. The number of para-hydroxylation sites is 1. The Morgan fingerprint density at radius 3 is 2.84 bits per heavy atom. The van der Waals surface area contributed by atoms with Gasteiger partial charge in [-0.05, 0) is 54.7 Å². The van der Waals surface area contributed by atoms with Crippen LogP contribution in [0.5, 0.6) is 5.75 Å². The summed E-state index contributed by atoms with van der Waals surface area (Å²) in [7, 11) is 1.71. The lowest BCUT2D eigenvalue weighted by Crippen LogP contribution is -2.29. The molecule has 31 heavy (non-hydrogen) atoms. The minimum atomic E-state index is -0.0218. The van der Waals surface area contributed by atoms with Gasteiger partial charge < -0.3 is 9.64 Å². The summed E-state index contributed by atoms with van der Waals surface area (Å²) < 4.78 is 5.60. The molecule has 0 spiro atoms. The number of rotatable bonds is 11. The molecule has 1 aliphatic heterocycles. The topological polar surface area (TPSA) is 53.9 Å².